The van der Waals surface area contributed by atoms with Crippen LogP contribution in [0.25, 0.3) is 5.65 Å². The minimum atomic E-state index is -0.916. The topological polar surface area (TPSA) is 85.3 Å². The van der Waals surface area contributed by atoms with Crippen molar-refractivity contribution in [2.75, 3.05) is 0 Å². The number of carboxylic acids is 1. The highest BCUT2D eigenvalue weighted by Gasteiger charge is 2.08. The molecule has 0 amide bonds. The van der Waals surface area contributed by atoms with Gasteiger partial charge in [0, 0.05) is 18.6 Å². The Morgan fingerprint density at radius 2 is 2.20 bits per heavy atom. The van der Waals surface area contributed by atoms with Crippen LogP contribution >= 0.6 is 0 Å². The highest BCUT2D eigenvalue weighted by Crippen LogP contribution is 2.10. The summed E-state index contributed by atoms with van der Waals surface area (Å²) in [6.45, 7) is 2.47. The van der Waals surface area contributed by atoms with Crippen LogP contribution in [0.15, 0.2) is 30.7 Å². The number of rotatable bonds is 4. The summed E-state index contributed by atoms with van der Waals surface area (Å²) >= 11 is 0. The smallest absolute Gasteiger partial charge is 0.309 e. The van der Waals surface area contributed by atoms with E-state index in [2.05, 4.69) is 15.3 Å². The molecule has 7 nitrogen and oxygen atoms in total. The molecular weight excluding hydrogens is 258 g/mol. The van der Waals surface area contributed by atoms with E-state index in [-0.39, 0.29) is 6.42 Å². The third kappa shape index (κ3) is 2.37. The Bertz CT molecular complexity index is 774. The lowest BCUT2D eigenvalue weighted by Crippen LogP contribution is -2.01. The molecule has 0 fully saturated rings. The lowest BCUT2D eigenvalue weighted by molar-refractivity contribution is -0.136. The summed E-state index contributed by atoms with van der Waals surface area (Å²) in [4.78, 5) is 15.1. The molecule has 0 aliphatic heterocycles. The van der Waals surface area contributed by atoms with Gasteiger partial charge in [-0.1, -0.05) is 11.3 Å². The predicted molar refractivity (Wildman–Crippen MR) is 70.4 cm³/mol. The Morgan fingerprint density at radius 1 is 1.35 bits per heavy atom. The second-order valence-electron chi connectivity index (χ2n) is 4.63. The maximum Gasteiger partial charge on any atom is 0.309 e. The molecule has 3 aromatic heterocycles. The minimum absolute atomic E-state index is 0.121. The number of carboxylic acid groups (broad SMARTS) is 1. The van der Waals surface area contributed by atoms with Crippen molar-refractivity contribution in [2.45, 2.75) is 19.9 Å². The molecule has 0 saturated heterocycles. The standard InChI is InChI=1S/C13H13N5O2/c1-9-3-2-4-17-6-11(14-13(9)17)8-18-7-10(15-16-18)5-12(19)20/h2-4,6-7H,5,8H2,1H3,(H,19,20). The highest BCUT2D eigenvalue weighted by molar-refractivity contribution is 5.69. The maximum absolute atomic E-state index is 10.6. The molecule has 1 N–H and O–H groups in total. The van der Waals surface area contributed by atoms with Crippen LogP contribution in [0, 0.1) is 6.92 Å². The minimum Gasteiger partial charge on any atom is -0.481 e. The quantitative estimate of drug-likeness (QED) is 0.762. The first-order chi connectivity index (χ1) is 9.61. The normalized spacial score (nSPS) is 11.1. The van der Waals surface area contributed by atoms with E-state index in [1.807, 2.05) is 35.9 Å². The van der Waals surface area contributed by atoms with E-state index in [0.29, 0.717) is 12.2 Å². The van der Waals surface area contributed by atoms with Crippen molar-refractivity contribution in [2.24, 2.45) is 0 Å². The van der Waals surface area contributed by atoms with E-state index in [1.54, 1.807) is 10.9 Å². The third-order valence-corrected chi connectivity index (χ3v) is 2.97. The Labute approximate surface area is 114 Å². The zero-order chi connectivity index (χ0) is 14.1. The first-order valence-corrected chi connectivity index (χ1v) is 6.16. The molecule has 0 aliphatic rings. The Kier molecular flexibility index (Phi) is 2.94. The van der Waals surface area contributed by atoms with E-state index in [0.717, 1.165) is 16.9 Å². The van der Waals surface area contributed by atoms with Crippen molar-refractivity contribution >= 4 is 11.6 Å². The number of aryl methyl sites for hydroxylation is 1. The molecule has 3 aromatic rings. The summed E-state index contributed by atoms with van der Waals surface area (Å²) < 4.78 is 3.55. The molecule has 0 bridgehead atoms. The molecular formula is C13H13N5O2. The molecule has 102 valence electrons. The Balaban J connectivity index is 1.84. The first-order valence-electron chi connectivity index (χ1n) is 6.16. The van der Waals surface area contributed by atoms with Crippen molar-refractivity contribution in [3.8, 4) is 0 Å². The first kappa shape index (κ1) is 12.3. The number of pyridine rings is 1. The molecule has 0 radical (unpaired) electrons. The average molecular weight is 271 g/mol. The Morgan fingerprint density at radius 3 is 2.95 bits per heavy atom. The van der Waals surface area contributed by atoms with Gasteiger partial charge in [-0.05, 0) is 18.6 Å². The van der Waals surface area contributed by atoms with Crippen LogP contribution in [0.3, 0.4) is 0 Å². The van der Waals surface area contributed by atoms with Gasteiger partial charge in [-0.25, -0.2) is 9.67 Å². The number of hydrogen-bond acceptors (Lipinski definition) is 4. The van der Waals surface area contributed by atoms with E-state index in [1.165, 1.54) is 0 Å². The summed E-state index contributed by atoms with van der Waals surface area (Å²) in [6, 6.07) is 3.97. The van der Waals surface area contributed by atoms with Gasteiger partial charge in [-0.3, -0.25) is 4.79 Å². The zero-order valence-corrected chi connectivity index (χ0v) is 10.9. The van der Waals surface area contributed by atoms with Gasteiger partial charge in [0.15, 0.2) is 0 Å². The second-order valence-corrected chi connectivity index (χ2v) is 4.63. The molecule has 20 heavy (non-hydrogen) atoms. The molecule has 3 heterocycles. The molecule has 0 saturated carbocycles. The number of carbonyl (C=O) groups is 1. The van der Waals surface area contributed by atoms with E-state index in [4.69, 9.17) is 5.11 Å². The summed E-state index contributed by atoms with van der Waals surface area (Å²) in [5, 5.41) is 16.4. The number of fused-ring (bicyclic) bond motifs is 1. The van der Waals surface area contributed by atoms with Crippen molar-refractivity contribution < 1.29 is 9.90 Å². The number of aromatic nitrogens is 5. The fourth-order valence-corrected chi connectivity index (χ4v) is 2.10. The van der Waals surface area contributed by atoms with Gasteiger partial charge in [-0.15, -0.1) is 5.10 Å². The zero-order valence-electron chi connectivity index (χ0n) is 10.9. The van der Waals surface area contributed by atoms with Gasteiger partial charge in [0.2, 0.25) is 0 Å². The molecule has 3 rings (SSSR count). The van der Waals surface area contributed by atoms with E-state index < -0.39 is 5.97 Å². The van der Waals surface area contributed by atoms with Crippen LogP contribution in [0.2, 0.25) is 0 Å². The summed E-state index contributed by atoms with van der Waals surface area (Å²) in [5.74, 6) is -0.916. The van der Waals surface area contributed by atoms with E-state index in [9.17, 15) is 4.79 Å². The summed E-state index contributed by atoms with van der Waals surface area (Å²) in [6.07, 6.45) is 5.38. The summed E-state index contributed by atoms with van der Waals surface area (Å²) in [7, 11) is 0. The van der Waals surface area contributed by atoms with E-state index >= 15 is 0 Å². The van der Waals surface area contributed by atoms with Crippen molar-refractivity contribution in [1.29, 1.82) is 0 Å². The van der Waals surface area contributed by atoms with Crippen LogP contribution in [0.4, 0.5) is 0 Å². The van der Waals surface area contributed by atoms with Crippen LogP contribution in [0.5, 0.6) is 0 Å². The molecule has 0 aromatic carbocycles. The van der Waals surface area contributed by atoms with Crippen molar-refractivity contribution in [1.82, 2.24) is 24.4 Å². The fraction of sp³-hybridized carbons (Fsp3) is 0.231. The highest BCUT2D eigenvalue weighted by atomic mass is 16.4. The van der Waals surface area contributed by atoms with Gasteiger partial charge in [0.25, 0.3) is 0 Å². The molecule has 0 spiro atoms. The second kappa shape index (κ2) is 4.76. The van der Waals surface area contributed by atoms with Gasteiger partial charge >= 0.3 is 5.97 Å². The van der Waals surface area contributed by atoms with Crippen molar-refractivity contribution in [3.63, 3.8) is 0 Å². The molecule has 0 unspecified atom stereocenters. The molecule has 0 aliphatic carbocycles. The third-order valence-electron chi connectivity index (χ3n) is 2.97. The monoisotopic (exact) mass is 271 g/mol. The lowest BCUT2D eigenvalue weighted by atomic mass is 10.3. The van der Waals surface area contributed by atoms with Crippen LogP contribution in [-0.4, -0.2) is 35.5 Å². The van der Waals surface area contributed by atoms with Crippen LogP contribution in [0.1, 0.15) is 17.0 Å². The number of nitrogens with zero attached hydrogens (tertiary/aromatic N) is 5. The largest absolute Gasteiger partial charge is 0.481 e. The van der Waals surface area contributed by atoms with Crippen LogP contribution < -0.4 is 0 Å². The van der Waals surface area contributed by atoms with Crippen LogP contribution in [-0.2, 0) is 17.8 Å². The lowest BCUT2D eigenvalue weighted by Gasteiger charge is -1.94. The Hall–Kier alpha value is -2.70. The number of imidazole rings is 1. The predicted octanol–water partition coefficient (Wildman–Crippen LogP) is 0.910. The number of hydrogen-bond donors (Lipinski definition) is 1. The average Bonchev–Trinajstić information content (AvgIpc) is 2.96. The van der Waals surface area contributed by atoms with Gasteiger partial charge < -0.3 is 9.51 Å². The molecule has 0 atom stereocenters. The van der Waals surface area contributed by atoms with Gasteiger partial charge in [-0.2, -0.15) is 0 Å². The SMILES string of the molecule is Cc1cccn2cc(Cn3cc(CC(=O)O)nn3)nc12. The fourth-order valence-electron chi connectivity index (χ4n) is 2.10. The van der Waals surface area contributed by atoms with Gasteiger partial charge in [0.05, 0.1) is 24.4 Å². The van der Waals surface area contributed by atoms with Gasteiger partial charge in [0.1, 0.15) is 5.65 Å². The maximum atomic E-state index is 10.6. The number of aliphatic carboxylic acids is 1. The summed E-state index contributed by atoms with van der Waals surface area (Å²) in [5.41, 5.74) is 3.31. The molecule has 7 heteroatoms. The van der Waals surface area contributed by atoms with Crippen molar-refractivity contribution in [3.05, 3.63) is 47.7 Å².